The Bertz CT molecular complexity index is 580. The highest BCUT2D eigenvalue weighted by Gasteiger charge is 2.32. The van der Waals surface area contributed by atoms with Gasteiger partial charge in [0.2, 0.25) is 5.82 Å². The number of aromatic nitrogens is 2. The van der Waals surface area contributed by atoms with Crippen LogP contribution in [-0.2, 0) is 10.3 Å². The molecule has 0 bridgehead atoms. The number of hydrogen-bond acceptors (Lipinski definition) is 5. The minimum atomic E-state index is -0.697. The quantitative estimate of drug-likeness (QED) is 0.910. The SMILES string of the molecule is CCOC(C)(CC)c1noc(-c2c(O)cccc2F)n1. The molecule has 0 fully saturated rings. The van der Waals surface area contributed by atoms with Crippen molar-refractivity contribution in [2.45, 2.75) is 32.8 Å². The van der Waals surface area contributed by atoms with Gasteiger partial charge in [-0.05, 0) is 32.4 Å². The van der Waals surface area contributed by atoms with Gasteiger partial charge in [-0.1, -0.05) is 18.1 Å². The molecule has 108 valence electrons. The molecule has 5 nitrogen and oxygen atoms in total. The maximum absolute atomic E-state index is 13.8. The Morgan fingerprint density at radius 2 is 2.15 bits per heavy atom. The first-order chi connectivity index (χ1) is 9.51. The Hall–Kier alpha value is -1.95. The van der Waals surface area contributed by atoms with E-state index in [0.717, 1.165) is 0 Å². The molecule has 1 atom stereocenters. The molecule has 0 aliphatic rings. The molecule has 20 heavy (non-hydrogen) atoms. The van der Waals surface area contributed by atoms with Crippen LogP contribution in [0.4, 0.5) is 4.39 Å². The topological polar surface area (TPSA) is 68.4 Å². The van der Waals surface area contributed by atoms with Crippen molar-refractivity contribution >= 4 is 0 Å². The molecular formula is C14H17FN2O3. The van der Waals surface area contributed by atoms with Crippen molar-refractivity contribution in [3.63, 3.8) is 0 Å². The third-order valence-corrected chi connectivity index (χ3v) is 3.24. The fourth-order valence-electron chi connectivity index (χ4n) is 1.91. The van der Waals surface area contributed by atoms with E-state index in [0.29, 0.717) is 18.9 Å². The molecule has 0 amide bonds. The average molecular weight is 280 g/mol. The van der Waals surface area contributed by atoms with Crippen LogP contribution in [0.2, 0.25) is 0 Å². The maximum Gasteiger partial charge on any atom is 0.264 e. The number of aromatic hydroxyl groups is 1. The van der Waals surface area contributed by atoms with Gasteiger partial charge in [-0.15, -0.1) is 0 Å². The smallest absolute Gasteiger partial charge is 0.264 e. The molecule has 1 N–H and O–H groups in total. The molecule has 0 aliphatic heterocycles. The molecule has 1 unspecified atom stereocenters. The lowest BCUT2D eigenvalue weighted by atomic mass is 10.0. The van der Waals surface area contributed by atoms with E-state index in [1.54, 1.807) is 0 Å². The number of hydrogen-bond donors (Lipinski definition) is 1. The van der Waals surface area contributed by atoms with Crippen LogP contribution in [-0.4, -0.2) is 21.9 Å². The zero-order valence-corrected chi connectivity index (χ0v) is 11.7. The van der Waals surface area contributed by atoms with E-state index in [4.69, 9.17) is 9.26 Å². The molecule has 1 aromatic heterocycles. The lowest BCUT2D eigenvalue weighted by Gasteiger charge is -2.23. The van der Waals surface area contributed by atoms with Crippen LogP contribution >= 0.6 is 0 Å². The van der Waals surface area contributed by atoms with Gasteiger partial charge in [0.15, 0.2) is 0 Å². The molecule has 0 aliphatic carbocycles. The Morgan fingerprint density at radius 3 is 2.75 bits per heavy atom. The van der Waals surface area contributed by atoms with E-state index < -0.39 is 11.4 Å². The van der Waals surface area contributed by atoms with Crippen molar-refractivity contribution in [3.05, 3.63) is 29.8 Å². The molecule has 0 radical (unpaired) electrons. The summed E-state index contributed by atoms with van der Waals surface area (Å²) in [4.78, 5) is 4.16. The van der Waals surface area contributed by atoms with Gasteiger partial charge in [0.05, 0.1) is 0 Å². The summed E-state index contributed by atoms with van der Waals surface area (Å²) in [6.07, 6.45) is 0.642. The lowest BCUT2D eigenvalue weighted by molar-refractivity contribution is -0.0403. The monoisotopic (exact) mass is 280 g/mol. The minimum absolute atomic E-state index is 0.0602. The Kier molecular flexibility index (Phi) is 4.04. The Labute approximate surface area is 116 Å². The van der Waals surface area contributed by atoms with E-state index in [-0.39, 0.29) is 17.2 Å². The number of ether oxygens (including phenoxy) is 1. The normalized spacial score (nSPS) is 14.2. The number of rotatable bonds is 5. The van der Waals surface area contributed by atoms with Gasteiger partial charge in [0.1, 0.15) is 22.7 Å². The zero-order valence-electron chi connectivity index (χ0n) is 11.7. The van der Waals surface area contributed by atoms with Crippen LogP contribution < -0.4 is 0 Å². The first-order valence-electron chi connectivity index (χ1n) is 6.47. The highest BCUT2D eigenvalue weighted by molar-refractivity contribution is 5.62. The Morgan fingerprint density at radius 1 is 1.40 bits per heavy atom. The number of phenols is 1. The second kappa shape index (κ2) is 5.58. The van der Waals surface area contributed by atoms with Gasteiger partial charge < -0.3 is 14.4 Å². The van der Waals surface area contributed by atoms with Crippen molar-refractivity contribution < 1.29 is 18.8 Å². The summed E-state index contributed by atoms with van der Waals surface area (Å²) in [6.45, 7) is 6.15. The molecular weight excluding hydrogens is 263 g/mol. The van der Waals surface area contributed by atoms with Crippen molar-refractivity contribution in [2.24, 2.45) is 0 Å². The van der Waals surface area contributed by atoms with Crippen molar-refractivity contribution in [3.8, 4) is 17.2 Å². The molecule has 0 saturated heterocycles. The summed E-state index contributed by atoms with van der Waals surface area (Å²) in [5.74, 6) is -0.584. The summed E-state index contributed by atoms with van der Waals surface area (Å²) < 4.78 is 24.5. The van der Waals surface area contributed by atoms with Crippen LogP contribution in [0.3, 0.4) is 0 Å². The van der Waals surface area contributed by atoms with Crippen molar-refractivity contribution in [1.29, 1.82) is 0 Å². The molecule has 2 rings (SSSR count). The minimum Gasteiger partial charge on any atom is -0.507 e. The van der Waals surface area contributed by atoms with E-state index in [1.807, 2.05) is 20.8 Å². The van der Waals surface area contributed by atoms with Crippen molar-refractivity contribution in [2.75, 3.05) is 6.61 Å². The Balaban J connectivity index is 2.43. The molecule has 6 heteroatoms. The van der Waals surface area contributed by atoms with Crippen LogP contribution in [0.15, 0.2) is 22.7 Å². The van der Waals surface area contributed by atoms with Gasteiger partial charge >= 0.3 is 0 Å². The zero-order chi connectivity index (χ0) is 14.8. The van der Waals surface area contributed by atoms with Gasteiger partial charge in [-0.2, -0.15) is 4.98 Å². The summed E-state index contributed by atoms with van der Waals surface area (Å²) in [5, 5.41) is 13.6. The first-order valence-corrected chi connectivity index (χ1v) is 6.47. The maximum atomic E-state index is 13.8. The first kappa shape index (κ1) is 14.5. The third kappa shape index (κ3) is 2.51. The largest absolute Gasteiger partial charge is 0.507 e. The second-order valence-electron chi connectivity index (χ2n) is 4.57. The van der Waals surface area contributed by atoms with Crippen LogP contribution in [0.1, 0.15) is 33.0 Å². The van der Waals surface area contributed by atoms with E-state index in [2.05, 4.69) is 10.1 Å². The van der Waals surface area contributed by atoms with Crippen LogP contribution in [0.25, 0.3) is 11.5 Å². The number of benzene rings is 1. The molecule has 2 aromatic rings. The summed E-state index contributed by atoms with van der Waals surface area (Å²) >= 11 is 0. The summed E-state index contributed by atoms with van der Waals surface area (Å²) in [6, 6.07) is 3.99. The fraction of sp³-hybridized carbons (Fsp3) is 0.429. The van der Waals surface area contributed by atoms with E-state index in [9.17, 15) is 9.50 Å². The molecule has 1 heterocycles. The predicted molar refractivity (Wildman–Crippen MR) is 70.6 cm³/mol. The van der Waals surface area contributed by atoms with Gasteiger partial charge in [-0.3, -0.25) is 0 Å². The van der Waals surface area contributed by atoms with Crippen LogP contribution in [0.5, 0.6) is 5.75 Å². The van der Waals surface area contributed by atoms with Gasteiger partial charge in [0.25, 0.3) is 5.89 Å². The number of phenolic OH excluding ortho intramolecular Hbond substituents is 1. The summed E-state index contributed by atoms with van der Waals surface area (Å²) in [5.41, 5.74) is -0.793. The van der Waals surface area contributed by atoms with Gasteiger partial charge in [-0.25, -0.2) is 4.39 Å². The standard InChI is InChI=1S/C14H17FN2O3/c1-4-14(3,19-5-2)13-16-12(20-17-13)11-9(15)7-6-8-10(11)18/h6-8,18H,4-5H2,1-3H3. The summed E-state index contributed by atoms with van der Waals surface area (Å²) in [7, 11) is 0. The molecule has 0 spiro atoms. The second-order valence-corrected chi connectivity index (χ2v) is 4.57. The average Bonchev–Trinajstić information content (AvgIpc) is 2.89. The highest BCUT2D eigenvalue weighted by atomic mass is 19.1. The third-order valence-electron chi connectivity index (χ3n) is 3.24. The predicted octanol–water partition coefficient (Wildman–Crippen LogP) is 3.24. The number of nitrogens with zero attached hydrogens (tertiary/aromatic N) is 2. The van der Waals surface area contributed by atoms with Crippen molar-refractivity contribution in [1.82, 2.24) is 10.1 Å². The fourth-order valence-corrected chi connectivity index (χ4v) is 1.91. The van der Waals surface area contributed by atoms with E-state index in [1.165, 1.54) is 18.2 Å². The van der Waals surface area contributed by atoms with Crippen LogP contribution in [0, 0.1) is 5.82 Å². The number of halogens is 1. The molecule has 0 saturated carbocycles. The highest BCUT2D eigenvalue weighted by Crippen LogP contribution is 2.33. The molecule has 1 aromatic carbocycles. The van der Waals surface area contributed by atoms with E-state index >= 15 is 0 Å². The van der Waals surface area contributed by atoms with Gasteiger partial charge in [0, 0.05) is 6.61 Å². The lowest BCUT2D eigenvalue weighted by Crippen LogP contribution is -2.26.